The maximum atomic E-state index is 11.9. The topological polar surface area (TPSA) is 120 Å². The van der Waals surface area contributed by atoms with Gasteiger partial charge in [0.05, 0.1) is 39.3 Å². The third-order valence-corrected chi connectivity index (χ3v) is 16.0. The Hall–Kier alpha value is -1.87. The third-order valence-electron chi connectivity index (χ3n) is 14.0. The number of guanidine groups is 1. The van der Waals surface area contributed by atoms with Gasteiger partial charge in [-0.15, -0.1) is 0 Å². The molecule has 3 aromatic carbocycles. The quantitative estimate of drug-likeness (QED) is 0.209. The van der Waals surface area contributed by atoms with Crippen molar-refractivity contribution in [3.8, 4) is 0 Å². The number of hydrogen-bond acceptors (Lipinski definition) is 10. The van der Waals surface area contributed by atoms with Crippen LogP contribution in [0.2, 0.25) is 15.1 Å². The van der Waals surface area contributed by atoms with Crippen LogP contribution >= 0.6 is 46.6 Å². The van der Waals surface area contributed by atoms with E-state index in [0.717, 1.165) is 69.3 Å². The summed E-state index contributed by atoms with van der Waals surface area (Å²) in [4.78, 5) is 34.2. The van der Waals surface area contributed by atoms with Gasteiger partial charge in [0.25, 0.3) is 0 Å². The second-order valence-electron chi connectivity index (χ2n) is 17.9. The number of carbonyl (C=O) groups excluding carboxylic acids is 2. The number of para-hydroxylation sites is 2. The number of carboxylic acids is 1. The van der Waals surface area contributed by atoms with Crippen molar-refractivity contribution in [2.45, 2.75) is 87.0 Å². The number of benzene rings is 3. The molecular weight excluding hydrogens is 888 g/mol. The zero-order chi connectivity index (χ0) is 43.5. The fraction of sp³-hybridized carbons (Fsp3) is 0.479. The van der Waals surface area contributed by atoms with Crippen LogP contribution < -0.4 is 72.0 Å². The van der Waals surface area contributed by atoms with Crippen LogP contribution in [0, 0.1) is 28.6 Å². The number of carboxylic acid groups (broad SMARTS) is 1. The molecule has 3 N–H and O–H groups in total. The first-order valence-electron chi connectivity index (χ1n) is 21.5. The predicted molar refractivity (Wildman–Crippen MR) is 248 cm³/mol. The van der Waals surface area contributed by atoms with Gasteiger partial charge in [0.15, 0.2) is 11.7 Å². The Bertz CT molecular complexity index is 2200. The van der Waals surface area contributed by atoms with Crippen molar-refractivity contribution in [3.05, 3.63) is 99.5 Å². The molecule has 0 unspecified atom stereocenters. The fourth-order valence-corrected chi connectivity index (χ4v) is 12.4. The minimum absolute atomic E-state index is 0. The van der Waals surface area contributed by atoms with E-state index in [1.807, 2.05) is 23.9 Å². The Morgan fingerprint density at radius 2 is 1.73 bits per heavy atom. The van der Waals surface area contributed by atoms with Crippen molar-refractivity contribution >= 4 is 81.3 Å². The molecule has 62 heavy (non-hydrogen) atoms. The van der Waals surface area contributed by atoms with E-state index in [0.29, 0.717) is 52.7 Å². The van der Waals surface area contributed by atoms with Crippen LogP contribution in [0.1, 0.15) is 71.6 Å². The van der Waals surface area contributed by atoms with Crippen molar-refractivity contribution in [1.29, 1.82) is 0 Å². The van der Waals surface area contributed by atoms with Crippen LogP contribution in [0.5, 0.6) is 0 Å². The predicted octanol–water partition coefficient (Wildman–Crippen LogP) is 6.82. The summed E-state index contributed by atoms with van der Waals surface area (Å²) in [7, 11) is 4.23. The van der Waals surface area contributed by atoms with Crippen LogP contribution in [0.3, 0.4) is 0 Å². The number of carbonyl (C=O) groups is 2. The van der Waals surface area contributed by atoms with E-state index in [2.05, 4.69) is 102 Å². The normalized spacial score (nSPS) is 27.5. The average molecular weight is 946 g/mol. The van der Waals surface area contributed by atoms with Gasteiger partial charge in [-0.1, -0.05) is 90.8 Å². The molecule has 0 saturated heterocycles. The van der Waals surface area contributed by atoms with Crippen LogP contribution in [0.4, 0.5) is 17.1 Å². The average Bonchev–Trinajstić information content (AvgIpc) is 3.84. The summed E-state index contributed by atoms with van der Waals surface area (Å²) < 4.78 is 0. The maximum absolute atomic E-state index is 11.9. The molecule has 326 valence electrons. The smallest absolute Gasteiger partial charge is 0.550 e. The maximum Gasteiger partial charge on any atom is 1.00 e. The number of halogens is 3. The Labute approximate surface area is 428 Å². The van der Waals surface area contributed by atoms with E-state index in [-0.39, 0.29) is 74.4 Å². The molecule has 9 rings (SSSR count). The van der Waals surface area contributed by atoms with E-state index in [4.69, 9.17) is 34.8 Å². The first kappa shape index (κ1) is 49.6. The number of aliphatic hydroxyl groups is 1. The molecule has 0 radical (unpaired) electrons. The summed E-state index contributed by atoms with van der Waals surface area (Å²) in [6.07, 6.45) is 12.7. The zero-order valence-electron chi connectivity index (χ0n) is 36.5. The fourth-order valence-electron chi connectivity index (χ4n) is 10.6. The second kappa shape index (κ2) is 21.2. The van der Waals surface area contributed by atoms with Gasteiger partial charge in [-0.3, -0.25) is 9.79 Å². The minimum atomic E-state index is -1.08. The minimum Gasteiger partial charge on any atom is -0.550 e. The molecule has 6 atom stereocenters. The molecule has 2 fully saturated rings. The summed E-state index contributed by atoms with van der Waals surface area (Å²) in [5.41, 5.74) is 3.31. The van der Waals surface area contributed by atoms with Crippen molar-refractivity contribution in [1.82, 2.24) is 10.2 Å². The van der Waals surface area contributed by atoms with E-state index in [9.17, 15) is 19.8 Å². The van der Waals surface area contributed by atoms with E-state index in [1.54, 1.807) is 18.2 Å². The molecule has 2 heterocycles. The molecule has 3 aromatic rings. The summed E-state index contributed by atoms with van der Waals surface area (Å²) >= 11 is 20.0. The monoisotopic (exact) mass is 943 g/mol. The van der Waals surface area contributed by atoms with Gasteiger partial charge in [-0.2, -0.15) is 0 Å². The number of nitrogens with one attached hydrogen (secondary N) is 2. The molecule has 9 nitrogen and oxygen atoms in total. The Kier molecular flexibility index (Phi) is 16.9. The van der Waals surface area contributed by atoms with Gasteiger partial charge in [0.2, 0.25) is 0 Å². The standard InChI is InChI=1S/C22H30O4.C17H19ClN2S.C9H9Cl2N3.K/c1-20-9-5-15(23)13-14(20)3-4-16-17(20)6-10-21(2)18(16)7-11-22(21,26)12-8-19(24)25;1-19(2)10-5-11-20-14-6-3-4-7-16(14)21-17-9-8-13(18)12-15(17)20;10-6-2-1-3-7(11)8(6)14-9-12-4-5-13-9;/h3-4,13,16-18,26H,5-12H2,1-2H3,(H,24,25);3-4,6-9,12H,5,10-11H2,1-2H3;1-3H,4-5H2,(H2,12,13,14);/q;;;+1/p-1/t16-,17+,18+,20+,21+,22-;;;/m1.../s1. The zero-order valence-corrected chi connectivity index (χ0v) is 42.7. The number of aliphatic carboxylic acids is 1. The Morgan fingerprint density at radius 1 is 1.00 bits per heavy atom. The van der Waals surface area contributed by atoms with Crippen LogP contribution in [0.15, 0.2) is 99.2 Å². The third kappa shape index (κ3) is 10.7. The number of ketones is 1. The number of nitrogens with zero attached hydrogens (tertiary/aromatic N) is 3. The molecule has 0 aromatic heterocycles. The van der Waals surface area contributed by atoms with Crippen LogP contribution in [0.25, 0.3) is 0 Å². The molecule has 0 spiro atoms. The van der Waals surface area contributed by atoms with Gasteiger partial charge >= 0.3 is 51.4 Å². The first-order valence-corrected chi connectivity index (χ1v) is 23.4. The SMILES string of the molecule is CN(C)CCCN1c2ccccc2Sc2ccc(Cl)cc21.C[C@]12CCC(=O)C=C1C=C[C@@H]1[C@@H]2CC[C@@]2(C)[C@H]1CC[C@@]2(O)CCC(=O)[O-].Clc1cccc(Cl)c1NC1=NCCN1.[K+]. The molecular formula is C48H57Cl3KN5O4S. The number of rotatable bonds is 8. The van der Waals surface area contributed by atoms with E-state index in [1.165, 1.54) is 26.7 Å². The van der Waals surface area contributed by atoms with Crippen molar-refractivity contribution in [2.75, 3.05) is 50.5 Å². The number of fused-ring (bicyclic) bond motifs is 7. The van der Waals surface area contributed by atoms with E-state index < -0.39 is 11.6 Å². The summed E-state index contributed by atoms with van der Waals surface area (Å²) in [6.45, 7) is 8.20. The number of hydrogen-bond donors (Lipinski definition) is 3. The number of anilines is 3. The van der Waals surface area contributed by atoms with Crippen molar-refractivity contribution < 1.29 is 71.2 Å². The Balaban J connectivity index is 0.000000161. The summed E-state index contributed by atoms with van der Waals surface area (Å²) in [5.74, 6) is 1.17. The summed E-state index contributed by atoms with van der Waals surface area (Å²) in [6, 6.07) is 20.1. The molecule has 0 bridgehead atoms. The molecule has 2 aliphatic heterocycles. The number of allylic oxidation sites excluding steroid dienone is 4. The number of aliphatic imine (C=N–C) groups is 1. The van der Waals surface area contributed by atoms with E-state index >= 15 is 0 Å². The Morgan fingerprint density at radius 3 is 2.44 bits per heavy atom. The van der Waals surface area contributed by atoms with Crippen LogP contribution in [-0.2, 0) is 9.59 Å². The second-order valence-corrected chi connectivity index (χ2v) is 20.2. The van der Waals surface area contributed by atoms with Gasteiger partial charge in [0.1, 0.15) is 0 Å². The molecule has 6 aliphatic rings. The first-order chi connectivity index (χ1) is 29.1. The van der Waals surface area contributed by atoms with Crippen LogP contribution in [-0.4, -0.2) is 73.6 Å². The van der Waals surface area contributed by atoms with Crippen molar-refractivity contribution in [3.63, 3.8) is 0 Å². The molecule has 0 amide bonds. The van der Waals surface area contributed by atoms with Gasteiger partial charge < -0.3 is 35.4 Å². The summed E-state index contributed by atoms with van der Waals surface area (Å²) in [5, 5.41) is 30.4. The van der Waals surface area contributed by atoms with Gasteiger partial charge in [-0.25, -0.2) is 0 Å². The molecule has 14 heteroatoms. The van der Waals surface area contributed by atoms with Crippen molar-refractivity contribution in [2.24, 2.45) is 33.6 Å². The van der Waals surface area contributed by atoms with Gasteiger partial charge in [0, 0.05) is 40.3 Å². The van der Waals surface area contributed by atoms with Gasteiger partial charge in [-0.05, 0) is 155 Å². The molecule has 2 saturated carbocycles. The largest absolute Gasteiger partial charge is 1.00 e. The molecule has 4 aliphatic carbocycles.